The van der Waals surface area contributed by atoms with E-state index in [4.69, 9.17) is 5.73 Å². The van der Waals surface area contributed by atoms with E-state index in [9.17, 15) is 0 Å². The van der Waals surface area contributed by atoms with Crippen LogP contribution < -0.4 is 16.4 Å². The maximum atomic E-state index is 5.60. The molecule has 0 aliphatic carbocycles. The summed E-state index contributed by atoms with van der Waals surface area (Å²) in [5.74, 6) is 0. The van der Waals surface area contributed by atoms with Gasteiger partial charge in [-0.05, 0) is 20.8 Å². The van der Waals surface area contributed by atoms with E-state index in [0.717, 1.165) is 0 Å². The molecule has 4 N–H and O–H groups in total. The Labute approximate surface area is 68.7 Å². The van der Waals surface area contributed by atoms with Gasteiger partial charge in [0.25, 0.3) is 0 Å². The molecule has 1 rings (SSSR count). The predicted octanol–water partition coefficient (Wildman–Crippen LogP) is -0.328. The second-order valence-corrected chi connectivity index (χ2v) is 3.54. The first-order valence-corrected chi connectivity index (χ1v) is 4.37. The van der Waals surface area contributed by atoms with Crippen LogP contribution in [0, 0.1) is 0 Å². The first kappa shape index (κ1) is 8.97. The number of piperazine rings is 1. The molecule has 3 heteroatoms. The Morgan fingerprint density at radius 3 is 2.09 bits per heavy atom. The molecule has 11 heavy (non-hydrogen) atoms. The van der Waals surface area contributed by atoms with Crippen molar-refractivity contribution in [3.8, 4) is 0 Å². The van der Waals surface area contributed by atoms with Crippen molar-refractivity contribution < 1.29 is 0 Å². The number of nitrogens with one attached hydrogen (secondary N) is 2. The van der Waals surface area contributed by atoms with Crippen LogP contribution in [0.25, 0.3) is 0 Å². The SMILES string of the molecule is C[C@@H]1N[C@H](C)[C@H](CN)N[C@@H]1C. The molecule has 0 amide bonds. The average molecular weight is 157 g/mol. The molecule has 1 aliphatic rings. The van der Waals surface area contributed by atoms with E-state index in [0.29, 0.717) is 30.7 Å². The molecule has 0 aromatic heterocycles. The lowest BCUT2D eigenvalue weighted by molar-refractivity contribution is 0.242. The summed E-state index contributed by atoms with van der Waals surface area (Å²) >= 11 is 0. The lowest BCUT2D eigenvalue weighted by atomic mass is 10.00. The predicted molar refractivity (Wildman–Crippen MR) is 47.5 cm³/mol. The van der Waals surface area contributed by atoms with Crippen LogP contribution in [-0.2, 0) is 0 Å². The van der Waals surface area contributed by atoms with Gasteiger partial charge in [0.1, 0.15) is 0 Å². The Balaban J connectivity index is 2.48. The average Bonchev–Trinajstić information content (AvgIpc) is 1.97. The van der Waals surface area contributed by atoms with Gasteiger partial charge in [-0.2, -0.15) is 0 Å². The third-order valence-corrected chi connectivity index (χ3v) is 2.61. The lowest BCUT2D eigenvalue weighted by Gasteiger charge is -2.39. The van der Waals surface area contributed by atoms with Gasteiger partial charge in [0, 0.05) is 30.7 Å². The highest BCUT2D eigenvalue weighted by molar-refractivity contribution is 4.92. The fraction of sp³-hybridized carbons (Fsp3) is 1.00. The third kappa shape index (κ3) is 1.92. The molecule has 4 atom stereocenters. The van der Waals surface area contributed by atoms with Gasteiger partial charge >= 0.3 is 0 Å². The minimum absolute atomic E-state index is 0.432. The van der Waals surface area contributed by atoms with Crippen LogP contribution in [0.3, 0.4) is 0 Å². The Morgan fingerprint density at radius 1 is 1.00 bits per heavy atom. The minimum atomic E-state index is 0.432. The van der Waals surface area contributed by atoms with Gasteiger partial charge in [0.15, 0.2) is 0 Å². The van der Waals surface area contributed by atoms with Gasteiger partial charge in [0.05, 0.1) is 0 Å². The molecular formula is C8H19N3. The maximum Gasteiger partial charge on any atom is 0.0344 e. The van der Waals surface area contributed by atoms with E-state index in [1.807, 2.05) is 0 Å². The third-order valence-electron chi connectivity index (χ3n) is 2.61. The molecule has 0 saturated carbocycles. The molecule has 0 aromatic carbocycles. The molecule has 0 unspecified atom stereocenters. The molecule has 0 bridgehead atoms. The van der Waals surface area contributed by atoms with Crippen LogP contribution in [0.5, 0.6) is 0 Å². The van der Waals surface area contributed by atoms with Crippen molar-refractivity contribution in [3.63, 3.8) is 0 Å². The standard InChI is InChI=1S/C8H19N3/c1-5-6(2)11-8(4-9)7(3)10-5/h5-8,10-11H,4,9H2,1-3H3/t5-,6+,7+,8-/m0/s1. The molecular weight excluding hydrogens is 138 g/mol. The van der Waals surface area contributed by atoms with Gasteiger partial charge in [-0.3, -0.25) is 0 Å². The number of nitrogens with two attached hydrogens (primary N) is 1. The Kier molecular flexibility index (Phi) is 2.87. The molecule has 1 heterocycles. The van der Waals surface area contributed by atoms with E-state index in [-0.39, 0.29) is 0 Å². The minimum Gasteiger partial charge on any atom is -0.329 e. The van der Waals surface area contributed by atoms with Crippen molar-refractivity contribution >= 4 is 0 Å². The van der Waals surface area contributed by atoms with E-state index < -0.39 is 0 Å². The number of rotatable bonds is 1. The maximum absolute atomic E-state index is 5.60. The summed E-state index contributed by atoms with van der Waals surface area (Å²) in [5.41, 5.74) is 5.60. The summed E-state index contributed by atoms with van der Waals surface area (Å²) in [6.45, 7) is 7.27. The van der Waals surface area contributed by atoms with Crippen LogP contribution in [0.2, 0.25) is 0 Å². The summed E-state index contributed by atoms with van der Waals surface area (Å²) in [6.07, 6.45) is 0. The normalized spacial score (nSPS) is 45.8. The Bertz CT molecular complexity index is 127. The summed E-state index contributed by atoms with van der Waals surface area (Å²) < 4.78 is 0. The summed E-state index contributed by atoms with van der Waals surface area (Å²) in [6, 6.07) is 2.00. The van der Waals surface area contributed by atoms with Gasteiger partial charge < -0.3 is 16.4 Å². The molecule has 3 nitrogen and oxygen atoms in total. The summed E-state index contributed by atoms with van der Waals surface area (Å²) in [7, 11) is 0. The topological polar surface area (TPSA) is 50.1 Å². The number of hydrogen-bond acceptors (Lipinski definition) is 3. The van der Waals surface area contributed by atoms with Gasteiger partial charge in [-0.25, -0.2) is 0 Å². The van der Waals surface area contributed by atoms with E-state index in [1.54, 1.807) is 0 Å². The summed E-state index contributed by atoms with van der Waals surface area (Å²) in [5, 5.41) is 6.97. The van der Waals surface area contributed by atoms with Gasteiger partial charge in [0.2, 0.25) is 0 Å². The molecule has 1 saturated heterocycles. The highest BCUT2D eigenvalue weighted by Crippen LogP contribution is 2.05. The molecule has 1 aliphatic heterocycles. The highest BCUT2D eigenvalue weighted by atomic mass is 15.1. The quantitative estimate of drug-likeness (QED) is 0.488. The van der Waals surface area contributed by atoms with Crippen molar-refractivity contribution in [1.29, 1.82) is 0 Å². The first-order valence-electron chi connectivity index (χ1n) is 4.37. The number of hydrogen-bond donors (Lipinski definition) is 3. The highest BCUT2D eigenvalue weighted by Gasteiger charge is 2.27. The van der Waals surface area contributed by atoms with Gasteiger partial charge in [-0.1, -0.05) is 0 Å². The second kappa shape index (κ2) is 3.52. The zero-order chi connectivity index (χ0) is 8.43. The van der Waals surface area contributed by atoms with Crippen molar-refractivity contribution in [2.45, 2.75) is 44.9 Å². The second-order valence-electron chi connectivity index (χ2n) is 3.54. The molecule has 0 radical (unpaired) electrons. The zero-order valence-electron chi connectivity index (χ0n) is 7.59. The molecule has 0 aromatic rings. The lowest BCUT2D eigenvalue weighted by Crippen LogP contribution is -2.65. The van der Waals surface area contributed by atoms with Crippen molar-refractivity contribution in [3.05, 3.63) is 0 Å². The zero-order valence-corrected chi connectivity index (χ0v) is 7.59. The van der Waals surface area contributed by atoms with Crippen LogP contribution in [0.15, 0.2) is 0 Å². The van der Waals surface area contributed by atoms with Crippen molar-refractivity contribution in [1.82, 2.24) is 10.6 Å². The van der Waals surface area contributed by atoms with Gasteiger partial charge in [-0.15, -0.1) is 0 Å². The van der Waals surface area contributed by atoms with E-state index in [1.165, 1.54) is 0 Å². The van der Waals surface area contributed by atoms with Crippen LogP contribution in [-0.4, -0.2) is 30.7 Å². The fourth-order valence-corrected chi connectivity index (χ4v) is 1.57. The fourth-order valence-electron chi connectivity index (χ4n) is 1.57. The molecule has 66 valence electrons. The molecule has 1 fully saturated rings. The van der Waals surface area contributed by atoms with Crippen molar-refractivity contribution in [2.24, 2.45) is 5.73 Å². The van der Waals surface area contributed by atoms with Crippen LogP contribution in [0.4, 0.5) is 0 Å². The Hall–Kier alpha value is -0.120. The van der Waals surface area contributed by atoms with E-state index in [2.05, 4.69) is 31.4 Å². The van der Waals surface area contributed by atoms with Crippen LogP contribution in [0.1, 0.15) is 20.8 Å². The monoisotopic (exact) mass is 157 g/mol. The smallest absolute Gasteiger partial charge is 0.0344 e. The Morgan fingerprint density at radius 2 is 1.55 bits per heavy atom. The van der Waals surface area contributed by atoms with Crippen molar-refractivity contribution in [2.75, 3.05) is 6.54 Å². The van der Waals surface area contributed by atoms with Crippen LogP contribution >= 0.6 is 0 Å². The first-order chi connectivity index (χ1) is 5.15. The van der Waals surface area contributed by atoms with E-state index >= 15 is 0 Å². The summed E-state index contributed by atoms with van der Waals surface area (Å²) in [4.78, 5) is 0. The largest absolute Gasteiger partial charge is 0.329 e. The molecule has 0 spiro atoms.